The van der Waals surface area contributed by atoms with Crippen molar-refractivity contribution in [2.45, 2.75) is 25.9 Å². The topological polar surface area (TPSA) is 88.8 Å². The Labute approximate surface area is 169 Å². The number of nitro benzene ring substituents is 1. The average Bonchev–Trinajstić information content (AvgIpc) is 2.73. The van der Waals surface area contributed by atoms with Crippen LogP contribution in [0, 0.1) is 17.0 Å². The van der Waals surface area contributed by atoms with Crippen molar-refractivity contribution >= 4 is 17.3 Å². The Bertz CT molecular complexity index is 988. The van der Waals surface area contributed by atoms with Gasteiger partial charge in [0.1, 0.15) is 11.7 Å². The number of carbonyl (C=O) groups is 1. The van der Waals surface area contributed by atoms with Gasteiger partial charge >= 0.3 is 0 Å². The molecular weight excluding hydrogens is 366 g/mol. The Morgan fingerprint density at radius 1 is 0.931 bits per heavy atom. The molecule has 29 heavy (non-hydrogen) atoms. The number of hydrogen-bond acceptors (Lipinski definition) is 3. The van der Waals surface area contributed by atoms with Gasteiger partial charge in [0.15, 0.2) is 6.04 Å². The van der Waals surface area contributed by atoms with Crippen molar-refractivity contribution in [1.29, 1.82) is 0 Å². The quantitative estimate of drug-likeness (QED) is 0.477. The third-order valence-corrected chi connectivity index (χ3v) is 4.85. The van der Waals surface area contributed by atoms with Crippen LogP contribution < -0.4 is 10.6 Å². The number of carbonyl (C=O) groups excluding carboxylic acids is 1. The minimum absolute atomic E-state index is 0.0664. The first-order valence-electron chi connectivity index (χ1n) is 9.46. The van der Waals surface area contributed by atoms with E-state index in [-0.39, 0.29) is 23.3 Å². The number of nitrogens with two attached hydrogens (primary N) is 1. The van der Waals surface area contributed by atoms with Gasteiger partial charge in [-0.15, -0.1) is 0 Å². The monoisotopic (exact) mass is 390 g/mol. The molecular formula is C23H24N3O3+. The van der Waals surface area contributed by atoms with E-state index in [1.54, 1.807) is 19.1 Å². The van der Waals surface area contributed by atoms with Gasteiger partial charge in [0.05, 0.1) is 4.92 Å². The number of hydrogen-bond donors (Lipinski definition) is 2. The van der Waals surface area contributed by atoms with Crippen molar-refractivity contribution in [2.75, 3.05) is 5.32 Å². The highest BCUT2D eigenvalue weighted by molar-refractivity contribution is 5.95. The summed E-state index contributed by atoms with van der Waals surface area (Å²) in [4.78, 5) is 23.5. The summed E-state index contributed by atoms with van der Waals surface area (Å²) in [5.74, 6) is -0.285. The lowest BCUT2D eigenvalue weighted by atomic mass is 9.97. The van der Waals surface area contributed by atoms with E-state index in [0.29, 0.717) is 0 Å². The maximum Gasteiger partial charge on any atom is 0.292 e. The number of benzene rings is 3. The summed E-state index contributed by atoms with van der Waals surface area (Å²) in [5.41, 5.74) is 3.43. The SMILES string of the molecule is Cc1ccc([C@@H]([NH2+][C@@H](C)C(=O)Nc2ccccc2[N+](=O)[O-])c2ccccc2)cc1. The molecule has 0 radical (unpaired) electrons. The zero-order valence-corrected chi connectivity index (χ0v) is 16.4. The predicted octanol–water partition coefficient (Wildman–Crippen LogP) is 3.58. The molecule has 3 rings (SSSR count). The van der Waals surface area contributed by atoms with Crippen LogP contribution in [0.2, 0.25) is 0 Å². The van der Waals surface area contributed by atoms with Gasteiger partial charge in [-0.2, -0.15) is 0 Å². The normalized spacial score (nSPS) is 12.8. The number of rotatable bonds is 7. The number of nitrogens with one attached hydrogen (secondary N) is 1. The zero-order chi connectivity index (χ0) is 20.8. The molecule has 0 saturated carbocycles. The average molecular weight is 390 g/mol. The van der Waals surface area contributed by atoms with Crippen LogP contribution in [0.25, 0.3) is 0 Å². The number of amides is 1. The van der Waals surface area contributed by atoms with Crippen LogP contribution >= 0.6 is 0 Å². The van der Waals surface area contributed by atoms with Crippen molar-refractivity contribution in [2.24, 2.45) is 0 Å². The summed E-state index contributed by atoms with van der Waals surface area (Å²) in [6.45, 7) is 3.84. The second kappa shape index (κ2) is 9.12. The van der Waals surface area contributed by atoms with Crippen molar-refractivity contribution < 1.29 is 15.0 Å². The fourth-order valence-electron chi connectivity index (χ4n) is 3.21. The Kier molecular flexibility index (Phi) is 6.36. The van der Waals surface area contributed by atoms with Crippen molar-refractivity contribution in [3.8, 4) is 0 Å². The number of para-hydroxylation sites is 2. The standard InChI is InChI=1S/C23H23N3O3/c1-16-12-14-19(15-13-16)22(18-8-4-3-5-9-18)24-17(2)23(27)25-20-10-6-7-11-21(20)26(28)29/h3-15,17,22,24H,1-2H3,(H,25,27)/p+1/t17-,22-/m0/s1. The maximum absolute atomic E-state index is 12.8. The first-order valence-corrected chi connectivity index (χ1v) is 9.46. The highest BCUT2D eigenvalue weighted by Crippen LogP contribution is 2.23. The number of nitro groups is 1. The minimum atomic E-state index is -0.497. The molecule has 0 unspecified atom stereocenters. The highest BCUT2D eigenvalue weighted by atomic mass is 16.6. The third kappa shape index (κ3) is 5.06. The minimum Gasteiger partial charge on any atom is -0.326 e. The van der Waals surface area contributed by atoms with E-state index >= 15 is 0 Å². The number of anilines is 1. The summed E-state index contributed by atoms with van der Waals surface area (Å²) in [6, 6.07) is 23.8. The van der Waals surface area contributed by atoms with Crippen LogP contribution in [0.4, 0.5) is 11.4 Å². The van der Waals surface area contributed by atoms with Gasteiger partial charge in [-0.1, -0.05) is 72.3 Å². The molecule has 0 aliphatic heterocycles. The lowest BCUT2D eigenvalue weighted by Gasteiger charge is -2.21. The molecule has 6 heteroatoms. The van der Waals surface area contributed by atoms with E-state index in [0.717, 1.165) is 11.1 Å². The highest BCUT2D eigenvalue weighted by Gasteiger charge is 2.26. The molecule has 2 atom stereocenters. The third-order valence-electron chi connectivity index (χ3n) is 4.85. The largest absolute Gasteiger partial charge is 0.326 e. The number of nitrogens with zero attached hydrogens (tertiary/aromatic N) is 1. The molecule has 148 valence electrons. The fourth-order valence-corrected chi connectivity index (χ4v) is 3.21. The van der Waals surface area contributed by atoms with Crippen LogP contribution in [0.15, 0.2) is 78.9 Å². The van der Waals surface area contributed by atoms with Crippen LogP contribution in [-0.2, 0) is 4.79 Å². The lowest BCUT2D eigenvalue weighted by Crippen LogP contribution is -2.92. The van der Waals surface area contributed by atoms with Gasteiger partial charge in [-0.25, -0.2) is 0 Å². The summed E-state index contributed by atoms with van der Waals surface area (Å²) < 4.78 is 0. The van der Waals surface area contributed by atoms with Crippen LogP contribution in [0.1, 0.15) is 29.7 Å². The van der Waals surface area contributed by atoms with Crippen LogP contribution in [0.3, 0.4) is 0 Å². The first-order chi connectivity index (χ1) is 14.0. The molecule has 0 heterocycles. The van der Waals surface area contributed by atoms with Gasteiger partial charge in [0.25, 0.3) is 11.6 Å². The van der Waals surface area contributed by atoms with E-state index in [2.05, 4.69) is 29.6 Å². The molecule has 3 aromatic carbocycles. The molecule has 1 amide bonds. The van der Waals surface area contributed by atoms with Gasteiger partial charge in [0, 0.05) is 17.2 Å². The van der Waals surface area contributed by atoms with Crippen molar-refractivity contribution in [1.82, 2.24) is 0 Å². The molecule has 0 aliphatic rings. The summed E-state index contributed by atoms with van der Waals surface area (Å²) in [7, 11) is 0. The second-order valence-electron chi connectivity index (χ2n) is 7.04. The Hall–Kier alpha value is -3.51. The van der Waals surface area contributed by atoms with E-state index < -0.39 is 11.0 Å². The van der Waals surface area contributed by atoms with Gasteiger partial charge < -0.3 is 10.6 Å². The Morgan fingerprint density at radius 3 is 2.17 bits per heavy atom. The number of quaternary nitrogens is 1. The molecule has 6 nitrogen and oxygen atoms in total. The maximum atomic E-state index is 12.8. The Balaban J connectivity index is 1.81. The predicted molar refractivity (Wildman–Crippen MR) is 113 cm³/mol. The van der Waals surface area contributed by atoms with Gasteiger partial charge in [-0.3, -0.25) is 14.9 Å². The van der Waals surface area contributed by atoms with Crippen LogP contribution in [-0.4, -0.2) is 16.9 Å². The molecule has 0 spiro atoms. The van der Waals surface area contributed by atoms with E-state index in [9.17, 15) is 14.9 Å². The van der Waals surface area contributed by atoms with Crippen molar-refractivity contribution in [3.05, 3.63) is 106 Å². The van der Waals surface area contributed by atoms with Crippen LogP contribution in [0.5, 0.6) is 0 Å². The fraction of sp³-hybridized carbons (Fsp3) is 0.174. The molecule has 3 aromatic rings. The Morgan fingerprint density at radius 2 is 1.52 bits per heavy atom. The van der Waals surface area contributed by atoms with Gasteiger partial charge in [0.2, 0.25) is 0 Å². The van der Waals surface area contributed by atoms with Gasteiger partial charge in [-0.05, 0) is 19.9 Å². The molecule has 0 bridgehead atoms. The summed E-state index contributed by atoms with van der Waals surface area (Å²) >= 11 is 0. The molecule has 0 fully saturated rings. The zero-order valence-electron chi connectivity index (χ0n) is 16.4. The molecule has 3 N–H and O–H groups in total. The molecule has 0 aromatic heterocycles. The van der Waals surface area contributed by atoms with E-state index in [1.807, 2.05) is 42.6 Å². The number of aryl methyl sites for hydroxylation is 1. The smallest absolute Gasteiger partial charge is 0.292 e. The van der Waals surface area contributed by atoms with E-state index in [4.69, 9.17) is 0 Å². The summed E-state index contributed by atoms with van der Waals surface area (Å²) in [6.07, 6.45) is 0. The van der Waals surface area contributed by atoms with E-state index in [1.165, 1.54) is 17.7 Å². The summed E-state index contributed by atoms with van der Waals surface area (Å²) in [5, 5.41) is 15.9. The first kappa shape index (κ1) is 20.2. The molecule has 0 saturated heterocycles. The lowest BCUT2D eigenvalue weighted by molar-refractivity contribution is -0.704. The molecule has 0 aliphatic carbocycles. The second-order valence-corrected chi connectivity index (χ2v) is 7.04. The van der Waals surface area contributed by atoms with Crippen molar-refractivity contribution in [3.63, 3.8) is 0 Å².